The molecule has 1 fully saturated rings. The largest absolute Gasteiger partial charge is 0.325 e. The minimum Gasteiger partial charge on any atom is -0.325 e. The summed E-state index contributed by atoms with van der Waals surface area (Å²) in [5, 5.41) is 2.91. The van der Waals surface area contributed by atoms with Crippen molar-refractivity contribution < 1.29 is 14.4 Å². The Morgan fingerprint density at radius 2 is 1.55 bits per heavy atom. The molecular formula is C25H26N2O3S. The Morgan fingerprint density at radius 1 is 0.968 bits per heavy atom. The smallest absolute Gasteiger partial charge is 0.238 e. The van der Waals surface area contributed by atoms with Gasteiger partial charge in [-0.3, -0.25) is 19.3 Å². The molecule has 0 saturated carbocycles. The summed E-state index contributed by atoms with van der Waals surface area (Å²) in [4.78, 5) is 39.9. The van der Waals surface area contributed by atoms with Crippen molar-refractivity contribution in [2.45, 2.75) is 37.5 Å². The van der Waals surface area contributed by atoms with E-state index in [2.05, 4.69) is 19.2 Å². The van der Waals surface area contributed by atoms with E-state index in [1.54, 1.807) is 12.1 Å². The monoisotopic (exact) mass is 434 g/mol. The molecule has 2 aliphatic rings. The molecule has 5 nitrogen and oxygen atoms in total. The number of carbonyl (C=O) groups is 3. The summed E-state index contributed by atoms with van der Waals surface area (Å²) < 4.78 is 0. The molecule has 1 heterocycles. The fourth-order valence-electron chi connectivity index (χ4n) is 4.04. The number of anilines is 2. The third kappa shape index (κ3) is 4.59. The third-order valence-corrected chi connectivity index (χ3v) is 6.85. The number of nitrogens with zero attached hydrogens (tertiary/aromatic N) is 1. The topological polar surface area (TPSA) is 66.5 Å². The average Bonchev–Trinajstić information content (AvgIpc) is 3.03. The zero-order valence-electron chi connectivity index (χ0n) is 17.7. The lowest BCUT2D eigenvalue weighted by molar-refractivity contribution is -0.122. The van der Waals surface area contributed by atoms with E-state index in [0.29, 0.717) is 24.4 Å². The molecule has 0 unspecified atom stereocenters. The van der Waals surface area contributed by atoms with Gasteiger partial charge in [0.1, 0.15) is 0 Å². The summed E-state index contributed by atoms with van der Waals surface area (Å²) in [5.41, 5.74) is 2.62. The third-order valence-electron chi connectivity index (χ3n) is 5.83. The van der Waals surface area contributed by atoms with Crippen LogP contribution in [0.25, 0.3) is 0 Å². The van der Waals surface area contributed by atoms with Crippen molar-refractivity contribution in [3.8, 4) is 0 Å². The van der Waals surface area contributed by atoms with Crippen LogP contribution in [-0.4, -0.2) is 23.5 Å². The molecule has 2 atom stereocenters. The van der Waals surface area contributed by atoms with Gasteiger partial charge in [0.05, 0.1) is 23.3 Å². The Morgan fingerprint density at radius 3 is 2.10 bits per heavy atom. The number of imide groups is 1. The summed E-state index contributed by atoms with van der Waals surface area (Å²) in [6.07, 6.45) is 5.24. The number of carbonyl (C=O) groups excluding carboxylic acids is 3. The van der Waals surface area contributed by atoms with Crippen LogP contribution in [0.3, 0.4) is 0 Å². The molecule has 1 saturated heterocycles. The van der Waals surface area contributed by atoms with Gasteiger partial charge >= 0.3 is 0 Å². The van der Waals surface area contributed by atoms with Crippen molar-refractivity contribution in [2.24, 2.45) is 11.8 Å². The van der Waals surface area contributed by atoms with Crippen LogP contribution >= 0.6 is 11.8 Å². The van der Waals surface area contributed by atoms with Gasteiger partial charge in [-0.15, -0.1) is 11.8 Å². The van der Waals surface area contributed by atoms with Crippen LogP contribution in [0, 0.1) is 11.8 Å². The first-order valence-corrected chi connectivity index (χ1v) is 11.6. The molecule has 1 N–H and O–H groups in total. The lowest BCUT2D eigenvalue weighted by atomic mass is 9.85. The minimum atomic E-state index is -0.232. The van der Waals surface area contributed by atoms with Crippen molar-refractivity contribution >= 4 is 40.9 Å². The number of benzene rings is 2. The molecule has 31 heavy (non-hydrogen) atoms. The Balaban J connectivity index is 1.33. The first-order valence-electron chi connectivity index (χ1n) is 10.6. The molecule has 0 radical (unpaired) electrons. The number of rotatable bonds is 6. The first-order chi connectivity index (χ1) is 14.9. The molecule has 0 bridgehead atoms. The Labute approximate surface area is 186 Å². The van der Waals surface area contributed by atoms with Crippen molar-refractivity contribution in [3.05, 3.63) is 66.2 Å². The summed E-state index contributed by atoms with van der Waals surface area (Å²) in [6, 6.07) is 15.2. The van der Waals surface area contributed by atoms with E-state index in [0.717, 1.165) is 10.6 Å². The Bertz CT molecular complexity index is 986. The second-order valence-corrected chi connectivity index (χ2v) is 9.32. The van der Waals surface area contributed by atoms with Gasteiger partial charge in [0, 0.05) is 10.6 Å². The van der Waals surface area contributed by atoms with Crippen LogP contribution < -0.4 is 10.2 Å². The molecule has 1 aliphatic carbocycles. The second kappa shape index (κ2) is 9.10. The SMILES string of the molecule is CC(C)c1ccc(NC(=O)CSc2ccc(N3C(=O)[C@H]4CC=CC[C@H]4C3=O)cc2)cc1. The fourth-order valence-corrected chi connectivity index (χ4v) is 4.74. The van der Waals surface area contributed by atoms with Gasteiger partial charge in [-0.05, 0) is 60.7 Å². The van der Waals surface area contributed by atoms with Gasteiger partial charge in [0.15, 0.2) is 0 Å². The molecule has 2 aromatic rings. The molecule has 1 aliphatic heterocycles. The molecule has 6 heteroatoms. The number of fused-ring (bicyclic) bond motifs is 1. The Hall–Kier alpha value is -2.86. The van der Waals surface area contributed by atoms with Crippen LogP contribution in [0.15, 0.2) is 65.6 Å². The van der Waals surface area contributed by atoms with E-state index in [1.165, 1.54) is 22.2 Å². The lowest BCUT2D eigenvalue weighted by Crippen LogP contribution is -2.30. The maximum atomic E-state index is 12.7. The van der Waals surface area contributed by atoms with Gasteiger partial charge in [-0.25, -0.2) is 0 Å². The quantitative estimate of drug-likeness (QED) is 0.395. The van der Waals surface area contributed by atoms with Gasteiger partial charge in [-0.1, -0.05) is 38.1 Å². The van der Waals surface area contributed by atoms with Crippen molar-refractivity contribution in [3.63, 3.8) is 0 Å². The average molecular weight is 435 g/mol. The lowest BCUT2D eigenvalue weighted by Gasteiger charge is -2.15. The fraction of sp³-hybridized carbons (Fsp3) is 0.320. The van der Waals surface area contributed by atoms with E-state index < -0.39 is 0 Å². The highest BCUT2D eigenvalue weighted by molar-refractivity contribution is 8.00. The molecule has 160 valence electrons. The maximum absolute atomic E-state index is 12.7. The van der Waals surface area contributed by atoms with Crippen LogP contribution in [0.2, 0.25) is 0 Å². The predicted molar refractivity (Wildman–Crippen MR) is 124 cm³/mol. The van der Waals surface area contributed by atoms with E-state index in [-0.39, 0.29) is 35.3 Å². The van der Waals surface area contributed by atoms with Crippen LogP contribution in [0.4, 0.5) is 11.4 Å². The summed E-state index contributed by atoms with van der Waals surface area (Å²) in [5.74, 6) is -0.0224. The molecule has 4 rings (SSSR count). The molecule has 0 spiro atoms. The standard InChI is InChI=1S/C25H26N2O3S/c1-16(2)17-7-9-18(10-8-17)26-23(28)15-31-20-13-11-19(12-14-20)27-24(29)21-5-3-4-6-22(21)25(27)30/h3-4,7-14,16,21-22H,5-6,15H2,1-2H3,(H,26,28)/t21-,22+. The highest BCUT2D eigenvalue weighted by Crippen LogP contribution is 2.38. The number of hydrogen-bond acceptors (Lipinski definition) is 4. The summed E-state index contributed by atoms with van der Waals surface area (Å²) >= 11 is 1.42. The van der Waals surface area contributed by atoms with E-state index in [4.69, 9.17) is 0 Å². The van der Waals surface area contributed by atoms with Gasteiger partial charge in [0.2, 0.25) is 17.7 Å². The zero-order chi connectivity index (χ0) is 22.0. The van der Waals surface area contributed by atoms with Crippen molar-refractivity contribution in [1.82, 2.24) is 0 Å². The number of hydrogen-bond donors (Lipinski definition) is 1. The Kier molecular flexibility index (Phi) is 6.28. The van der Waals surface area contributed by atoms with Crippen LogP contribution in [0.1, 0.15) is 38.2 Å². The predicted octanol–water partition coefficient (Wildman–Crippen LogP) is 5.00. The van der Waals surface area contributed by atoms with Gasteiger partial charge < -0.3 is 5.32 Å². The summed E-state index contributed by atoms with van der Waals surface area (Å²) in [6.45, 7) is 4.27. The number of allylic oxidation sites excluding steroid dienone is 2. The summed E-state index contributed by atoms with van der Waals surface area (Å²) in [7, 11) is 0. The van der Waals surface area contributed by atoms with Crippen molar-refractivity contribution in [1.29, 1.82) is 0 Å². The molecule has 0 aromatic heterocycles. The van der Waals surface area contributed by atoms with Crippen molar-refractivity contribution in [2.75, 3.05) is 16.0 Å². The van der Waals surface area contributed by atoms with Gasteiger partial charge in [0.25, 0.3) is 0 Å². The van der Waals surface area contributed by atoms with Crippen LogP contribution in [0.5, 0.6) is 0 Å². The number of amides is 3. The van der Waals surface area contributed by atoms with E-state index in [1.807, 2.05) is 48.6 Å². The zero-order valence-corrected chi connectivity index (χ0v) is 18.5. The number of thioether (sulfide) groups is 1. The van der Waals surface area contributed by atoms with E-state index in [9.17, 15) is 14.4 Å². The first kappa shape index (κ1) is 21.4. The molecule has 3 amide bonds. The highest BCUT2D eigenvalue weighted by atomic mass is 32.2. The minimum absolute atomic E-state index is 0.0761. The maximum Gasteiger partial charge on any atom is 0.238 e. The second-order valence-electron chi connectivity index (χ2n) is 8.28. The highest BCUT2D eigenvalue weighted by Gasteiger charge is 2.47. The molecular weight excluding hydrogens is 408 g/mol. The molecule has 2 aromatic carbocycles. The van der Waals surface area contributed by atoms with E-state index >= 15 is 0 Å². The van der Waals surface area contributed by atoms with Gasteiger partial charge in [-0.2, -0.15) is 0 Å². The normalized spacial score (nSPS) is 20.3. The van der Waals surface area contributed by atoms with Crippen LogP contribution in [-0.2, 0) is 14.4 Å². The number of nitrogens with one attached hydrogen (secondary N) is 1.